The van der Waals surface area contributed by atoms with Crippen LogP contribution >= 0.6 is 0 Å². The average molecular weight is 453 g/mol. The molecule has 0 aliphatic carbocycles. The number of hydrogen-bond acceptors (Lipinski definition) is 7. The molecule has 1 N–H and O–H groups in total. The number of rotatable bonds is 4. The highest BCUT2D eigenvalue weighted by Crippen LogP contribution is 2.36. The third kappa shape index (κ3) is 4.24. The minimum Gasteiger partial charge on any atom is -0.442 e. The lowest BCUT2D eigenvalue weighted by atomic mass is 9.88. The van der Waals surface area contributed by atoms with E-state index in [-0.39, 0.29) is 19.0 Å². The maximum absolute atomic E-state index is 14.9. The van der Waals surface area contributed by atoms with Gasteiger partial charge < -0.3 is 19.7 Å². The Labute approximate surface area is 180 Å². The zero-order valence-electron chi connectivity index (χ0n) is 17.1. The molecule has 168 valence electrons. The second kappa shape index (κ2) is 8.46. The molecule has 1 atom stereocenters. The van der Waals surface area contributed by atoms with Crippen molar-refractivity contribution in [3.05, 3.63) is 24.0 Å². The molecule has 0 unspecified atom stereocenters. The molecular weight excluding hydrogens is 429 g/mol. The van der Waals surface area contributed by atoms with Crippen LogP contribution < -0.4 is 15.1 Å². The number of cyclic esters (lactones) is 1. The van der Waals surface area contributed by atoms with E-state index in [9.17, 15) is 22.4 Å². The van der Waals surface area contributed by atoms with Crippen molar-refractivity contribution in [2.24, 2.45) is 0 Å². The summed E-state index contributed by atoms with van der Waals surface area (Å²) in [5.41, 5.74) is 0.00666. The van der Waals surface area contributed by atoms with E-state index in [1.165, 1.54) is 17.9 Å². The first-order chi connectivity index (χ1) is 14.8. The fourth-order valence-corrected chi connectivity index (χ4v) is 5.25. The summed E-state index contributed by atoms with van der Waals surface area (Å²) in [6, 6.07) is 4.56. The number of nitrogens with one attached hydrogen (secondary N) is 1. The molecule has 3 aliphatic rings. The van der Waals surface area contributed by atoms with Crippen molar-refractivity contribution in [1.29, 1.82) is 0 Å². The van der Waals surface area contributed by atoms with Gasteiger partial charge in [0.1, 0.15) is 17.5 Å². The number of anilines is 2. The van der Waals surface area contributed by atoms with E-state index in [1.54, 1.807) is 12.1 Å². The minimum atomic E-state index is -2.28. The molecule has 3 saturated heterocycles. The Bertz CT molecular complexity index is 1030. The molecule has 0 radical (unpaired) electrons. The number of piperidine rings is 1. The van der Waals surface area contributed by atoms with Crippen molar-refractivity contribution >= 4 is 38.5 Å². The normalized spacial score (nSPS) is 22.7. The molecule has 3 aliphatic heterocycles. The van der Waals surface area contributed by atoms with Crippen molar-refractivity contribution in [1.82, 2.24) is 5.32 Å². The summed E-state index contributed by atoms with van der Waals surface area (Å²) in [6.45, 7) is 3.10. The summed E-state index contributed by atoms with van der Waals surface area (Å²) in [4.78, 5) is 26.8. The average Bonchev–Trinajstić information content (AvgIpc) is 3.31. The lowest BCUT2D eigenvalue weighted by Gasteiger charge is -2.39. The molecule has 1 spiro atoms. The van der Waals surface area contributed by atoms with E-state index < -0.39 is 33.9 Å². The third-order valence-electron chi connectivity index (χ3n) is 6.02. The van der Waals surface area contributed by atoms with Crippen molar-refractivity contribution in [2.45, 2.75) is 37.9 Å². The third-order valence-corrected chi connectivity index (χ3v) is 7.00. The maximum atomic E-state index is 14.9. The number of amides is 2. The zero-order valence-corrected chi connectivity index (χ0v) is 17.9. The molecule has 2 amide bonds. The monoisotopic (exact) mass is 453 g/mol. The predicted octanol–water partition coefficient (Wildman–Crippen LogP) is 1.10. The van der Waals surface area contributed by atoms with Gasteiger partial charge in [-0.1, -0.05) is 0 Å². The van der Waals surface area contributed by atoms with Crippen LogP contribution in [0.3, 0.4) is 0 Å². The van der Waals surface area contributed by atoms with Crippen LogP contribution in [0.25, 0.3) is 0 Å². The van der Waals surface area contributed by atoms with E-state index in [1.807, 2.05) is 4.90 Å². The molecule has 0 saturated carbocycles. The van der Waals surface area contributed by atoms with Gasteiger partial charge in [-0.15, -0.1) is 0 Å². The van der Waals surface area contributed by atoms with Crippen LogP contribution in [0, 0.1) is 5.82 Å². The van der Waals surface area contributed by atoms with Crippen molar-refractivity contribution in [2.75, 3.05) is 42.6 Å². The van der Waals surface area contributed by atoms with Crippen LogP contribution in [0.1, 0.15) is 26.2 Å². The number of halogens is 1. The highest BCUT2D eigenvalue weighted by atomic mass is 32.2. The minimum absolute atomic E-state index is 0.197. The largest absolute Gasteiger partial charge is 0.442 e. The van der Waals surface area contributed by atoms with Crippen LogP contribution in [0.5, 0.6) is 0 Å². The fraction of sp³-hybridized carbons (Fsp3) is 0.550. The van der Waals surface area contributed by atoms with E-state index in [2.05, 4.69) is 5.32 Å². The highest BCUT2D eigenvalue weighted by Gasteiger charge is 2.45. The lowest BCUT2D eigenvalue weighted by molar-refractivity contribution is -0.119. The molecule has 0 bridgehead atoms. The summed E-state index contributed by atoms with van der Waals surface area (Å²) in [5, 5.41) is 2.60. The Morgan fingerprint density at radius 3 is 2.71 bits per heavy atom. The second-order valence-electron chi connectivity index (χ2n) is 7.93. The van der Waals surface area contributed by atoms with E-state index >= 15 is 0 Å². The van der Waals surface area contributed by atoms with E-state index in [0.29, 0.717) is 55.2 Å². The number of ether oxygens (including phenoxy) is 2. The summed E-state index contributed by atoms with van der Waals surface area (Å²) in [7, 11) is -2.28. The SMILES string of the molecule is CC(=O)NC[C@H]1CN(c2ccc(N3CCC4(CC3)OCCC4=S(=O)=O)c(F)c2)C(=O)O1. The van der Waals surface area contributed by atoms with Gasteiger partial charge in [-0.3, -0.25) is 9.69 Å². The standard InChI is InChI=1S/C20H24FN3O6S/c1-13(25)22-11-15-12-24(19(26)30-15)14-2-3-17(16(21)10-14)23-7-5-20(6-8-23)18(31(27)28)4-9-29-20/h2-3,10,15H,4-9,11-12H2,1H3,(H,22,25)/t15-/m0/s1. The van der Waals surface area contributed by atoms with Crippen LogP contribution in [-0.4, -0.2) is 69.8 Å². The van der Waals surface area contributed by atoms with Crippen LogP contribution in [-0.2, 0) is 24.6 Å². The zero-order chi connectivity index (χ0) is 22.2. The maximum Gasteiger partial charge on any atom is 0.414 e. The summed E-state index contributed by atoms with van der Waals surface area (Å²) >= 11 is 0. The number of carbonyl (C=O) groups excluding carboxylic acids is 2. The van der Waals surface area contributed by atoms with Gasteiger partial charge in [0.05, 0.1) is 35.9 Å². The first-order valence-corrected chi connectivity index (χ1v) is 11.2. The van der Waals surface area contributed by atoms with E-state index in [4.69, 9.17) is 9.47 Å². The number of nitrogens with zero attached hydrogens (tertiary/aromatic N) is 2. The van der Waals surface area contributed by atoms with Crippen molar-refractivity contribution in [3.63, 3.8) is 0 Å². The summed E-state index contributed by atoms with van der Waals surface area (Å²) in [6.07, 6.45) is 0.269. The topological polar surface area (TPSA) is 105 Å². The predicted molar refractivity (Wildman–Crippen MR) is 111 cm³/mol. The number of hydrogen-bond donors (Lipinski definition) is 1. The smallest absolute Gasteiger partial charge is 0.414 e. The molecule has 9 nitrogen and oxygen atoms in total. The molecule has 3 fully saturated rings. The van der Waals surface area contributed by atoms with E-state index in [0.717, 1.165) is 0 Å². The van der Waals surface area contributed by atoms with Crippen LogP contribution in [0.15, 0.2) is 18.2 Å². The van der Waals surface area contributed by atoms with Gasteiger partial charge in [0.2, 0.25) is 16.2 Å². The van der Waals surface area contributed by atoms with Gasteiger partial charge in [0, 0.05) is 26.4 Å². The Morgan fingerprint density at radius 2 is 2.06 bits per heavy atom. The molecule has 4 rings (SSSR count). The number of carbonyl (C=O) groups is 2. The molecule has 1 aromatic carbocycles. The van der Waals surface area contributed by atoms with Crippen LogP contribution in [0.4, 0.5) is 20.6 Å². The molecule has 1 aromatic rings. The fourth-order valence-electron chi connectivity index (χ4n) is 4.43. The second-order valence-corrected chi connectivity index (χ2v) is 8.89. The molecular formula is C20H24FN3O6S. The lowest BCUT2D eigenvalue weighted by Crippen LogP contribution is -2.48. The Hall–Kier alpha value is -2.66. The molecule has 31 heavy (non-hydrogen) atoms. The van der Waals surface area contributed by atoms with Crippen molar-refractivity contribution < 1.29 is 31.9 Å². The summed E-state index contributed by atoms with van der Waals surface area (Å²) < 4.78 is 49.0. The molecule has 11 heteroatoms. The van der Waals surface area contributed by atoms with Gasteiger partial charge in [-0.2, -0.15) is 8.42 Å². The quantitative estimate of drug-likeness (QED) is 0.681. The van der Waals surface area contributed by atoms with Gasteiger partial charge in [-0.25, -0.2) is 9.18 Å². The van der Waals surface area contributed by atoms with Gasteiger partial charge >= 0.3 is 6.09 Å². The van der Waals surface area contributed by atoms with Crippen LogP contribution in [0.2, 0.25) is 0 Å². The first kappa shape index (κ1) is 21.6. The van der Waals surface area contributed by atoms with Crippen molar-refractivity contribution in [3.8, 4) is 0 Å². The molecule has 0 aromatic heterocycles. The Morgan fingerprint density at radius 1 is 1.32 bits per heavy atom. The number of benzene rings is 1. The molecule has 3 heterocycles. The van der Waals surface area contributed by atoms with Gasteiger partial charge in [-0.05, 0) is 31.0 Å². The van der Waals surface area contributed by atoms with Gasteiger partial charge in [0.25, 0.3) is 0 Å². The Balaban J connectivity index is 1.44. The highest BCUT2D eigenvalue weighted by molar-refractivity contribution is 7.73. The first-order valence-electron chi connectivity index (χ1n) is 10.2. The Kier molecular flexibility index (Phi) is 5.89. The summed E-state index contributed by atoms with van der Waals surface area (Å²) in [5.74, 6) is -0.696. The van der Waals surface area contributed by atoms with Gasteiger partial charge in [0.15, 0.2) is 0 Å².